The summed E-state index contributed by atoms with van der Waals surface area (Å²) in [6.45, 7) is 3.13. The summed E-state index contributed by atoms with van der Waals surface area (Å²) >= 11 is 6.28. The number of pyridine rings is 1. The van der Waals surface area contributed by atoms with E-state index in [1.807, 2.05) is 0 Å². The first kappa shape index (κ1) is 27.5. The number of hydrogen-bond acceptors (Lipinski definition) is 5. The number of aliphatic carboxylic acids is 1. The van der Waals surface area contributed by atoms with Crippen molar-refractivity contribution in [1.29, 1.82) is 0 Å². The highest BCUT2D eigenvalue weighted by atomic mass is 35.5. The van der Waals surface area contributed by atoms with E-state index in [9.17, 15) is 27.9 Å². The molecule has 2 heterocycles. The fourth-order valence-electron chi connectivity index (χ4n) is 3.90. The molecule has 1 saturated carbocycles. The molecule has 0 aromatic carbocycles. The number of nitrogens with one attached hydrogen (secondary N) is 1. The maximum absolute atomic E-state index is 13.2. The van der Waals surface area contributed by atoms with Gasteiger partial charge in [0.05, 0.1) is 12.5 Å². The van der Waals surface area contributed by atoms with Crippen molar-refractivity contribution < 1.29 is 33.0 Å². The smallest absolute Gasteiger partial charge is 0.433 e. The number of hydrogen-bond donors (Lipinski definition) is 3. The average molecular weight is 527 g/mol. The van der Waals surface area contributed by atoms with Gasteiger partial charge in [0.25, 0.3) is 5.91 Å². The van der Waals surface area contributed by atoms with Crippen LogP contribution in [-0.4, -0.2) is 48.8 Å². The van der Waals surface area contributed by atoms with Crippen LogP contribution in [0.3, 0.4) is 0 Å². The predicted octanol–water partition coefficient (Wildman–Crippen LogP) is 3.74. The van der Waals surface area contributed by atoms with Crippen LogP contribution in [0.1, 0.15) is 67.0 Å². The lowest BCUT2D eigenvalue weighted by molar-refractivity contribution is -0.143. The zero-order valence-electron chi connectivity index (χ0n) is 19.7. The van der Waals surface area contributed by atoms with Gasteiger partial charge in [0.1, 0.15) is 22.7 Å². The van der Waals surface area contributed by atoms with Gasteiger partial charge in [-0.05, 0) is 74.6 Å². The monoisotopic (exact) mass is 526 g/mol. The Labute approximate surface area is 210 Å². The third kappa shape index (κ3) is 7.21. The Morgan fingerprint density at radius 2 is 1.89 bits per heavy atom. The van der Waals surface area contributed by atoms with E-state index in [1.54, 1.807) is 0 Å². The van der Waals surface area contributed by atoms with Crippen molar-refractivity contribution in [2.45, 2.75) is 57.9 Å². The largest absolute Gasteiger partial charge is 0.481 e. The summed E-state index contributed by atoms with van der Waals surface area (Å²) in [6, 6.07) is 2.07. The van der Waals surface area contributed by atoms with Crippen LogP contribution in [0.2, 0.25) is 5.28 Å². The highest BCUT2D eigenvalue weighted by Crippen LogP contribution is 2.29. The molecule has 12 heteroatoms. The van der Waals surface area contributed by atoms with Crippen molar-refractivity contribution >= 4 is 23.5 Å². The van der Waals surface area contributed by atoms with Gasteiger partial charge in [-0.3, -0.25) is 14.6 Å². The Kier molecular flexibility index (Phi) is 8.31. The van der Waals surface area contributed by atoms with E-state index in [0.717, 1.165) is 12.3 Å². The lowest BCUT2D eigenvalue weighted by Gasteiger charge is -2.26. The van der Waals surface area contributed by atoms with Crippen LogP contribution in [0.25, 0.3) is 0 Å². The molecule has 194 valence electrons. The maximum Gasteiger partial charge on any atom is 0.433 e. The molecule has 1 fully saturated rings. The van der Waals surface area contributed by atoms with Crippen molar-refractivity contribution in [1.82, 2.24) is 19.9 Å². The summed E-state index contributed by atoms with van der Waals surface area (Å²) in [5.74, 6) is 3.60. The van der Waals surface area contributed by atoms with E-state index in [0.29, 0.717) is 37.8 Å². The standard InChI is InChI=1S/C24H26ClF3N4O4/c1-23(2,36)10-9-17-19(20(33)30-11-14-3-6-16(7-4-14)21(34)35)32(22(25)31-17)13-15-5-8-18(29-12-15)24(26,27)28/h5,8,12,14,16,36H,3-4,6-7,11,13H2,1-2H3,(H,30,33)(H,34,35). The number of aliphatic hydroxyl groups is 1. The van der Waals surface area contributed by atoms with Gasteiger partial charge in [-0.15, -0.1) is 0 Å². The van der Waals surface area contributed by atoms with Gasteiger partial charge in [-0.2, -0.15) is 13.2 Å². The molecular formula is C24H26ClF3N4O4. The van der Waals surface area contributed by atoms with Crippen LogP contribution >= 0.6 is 11.6 Å². The van der Waals surface area contributed by atoms with Gasteiger partial charge in [-0.1, -0.05) is 12.0 Å². The summed E-state index contributed by atoms with van der Waals surface area (Å²) < 4.78 is 39.9. The van der Waals surface area contributed by atoms with Crippen LogP contribution in [-0.2, 0) is 17.5 Å². The molecule has 2 aromatic rings. The molecular weight excluding hydrogens is 501 g/mol. The van der Waals surface area contributed by atoms with Crippen LogP contribution in [0.15, 0.2) is 18.3 Å². The highest BCUT2D eigenvalue weighted by Gasteiger charge is 2.32. The quantitative estimate of drug-likeness (QED) is 0.494. The van der Waals surface area contributed by atoms with Crippen molar-refractivity contribution in [3.05, 3.63) is 46.3 Å². The SMILES string of the molecule is CC(C)(O)C#Cc1nc(Cl)n(Cc2ccc(C(F)(F)F)nc2)c1C(=O)NCC1CCC(C(=O)O)CC1. The normalized spacial score (nSPS) is 18.3. The molecule has 1 aliphatic carbocycles. The molecule has 0 aliphatic heterocycles. The number of rotatable bonds is 6. The predicted molar refractivity (Wildman–Crippen MR) is 124 cm³/mol. The molecule has 0 radical (unpaired) electrons. The van der Waals surface area contributed by atoms with Crippen molar-refractivity contribution in [3.8, 4) is 11.8 Å². The number of halogens is 4. The van der Waals surface area contributed by atoms with E-state index in [2.05, 4.69) is 27.1 Å². The van der Waals surface area contributed by atoms with Crippen LogP contribution in [0.4, 0.5) is 13.2 Å². The molecule has 36 heavy (non-hydrogen) atoms. The first-order valence-corrected chi connectivity index (χ1v) is 11.7. The lowest BCUT2D eigenvalue weighted by atomic mass is 9.82. The molecule has 1 amide bonds. The minimum absolute atomic E-state index is 0.00382. The van der Waals surface area contributed by atoms with Crippen LogP contribution in [0, 0.1) is 23.7 Å². The van der Waals surface area contributed by atoms with Crippen LogP contribution in [0.5, 0.6) is 0 Å². The zero-order valence-corrected chi connectivity index (χ0v) is 20.4. The summed E-state index contributed by atoms with van der Waals surface area (Å²) in [5, 5.41) is 21.8. The molecule has 0 unspecified atom stereocenters. The number of nitrogens with zero attached hydrogens (tertiary/aromatic N) is 3. The Bertz CT molecular complexity index is 1170. The molecule has 0 bridgehead atoms. The molecule has 0 saturated heterocycles. The molecule has 8 nitrogen and oxygen atoms in total. The van der Waals surface area contributed by atoms with Crippen LogP contribution < -0.4 is 5.32 Å². The minimum Gasteiger partial charge on any atom is -0.481 e. The Balaban J connectivity index is 1.84. The van der Waals surface area contributed by atoms with E-state index in [4.69, 9.17) is 16.7 Å². The second kappa shape index (κ2) is 10.9. The summed E-state index contributed by atoms with van der Waals surface area (Å²) in [7, 11) is 0. The average Bonchev–Trinajstić information content (AvgIpc) is 3.10. The third-order valence-corrected chi connectivity index (χ3v) is 6.11. The Morgan fingerprint density at radius 1 is 1.22 bits per heavy atom. The number of aromatic nitrogens is 3. The van der Waals surface area contributed by atoms with E-state index < -0.39 is 29.3 Å². The van der Waals surface area contributed by atoms with E-state index in [-0.39, 0.29) is 35.1 Å². The first-order valence-electron chi connectivity index (χ1n) is 11.3. The van der Waals surface area contributed by atoms with Gasteiger partial charge in [0.15, 0.2) is 0 Å². The minimum atomic E-state index is -4.58. The first-order chi connectivity index (χ1) is 16.7. The summed E-state index contributed by atoms with van der Waals surface area (Å²) in [6.07, 6.45) is -1.17. The highest BCUT2D eigenvalue weighted by molar-refractivity contribution is 6.29. The zero-order chi connectivity index (χ0) is 26.7. The number of carboxylic acids is 1. The molecule has 0 spiro atoms. The molecule has 3 N–H and O–H groups in total. The van der Waals surface area contributed by atoms with Gasteiger partial charge >= 0.3 is 12.1 Å². The Morgan fingerprint density at radius 3 is 2.42 bits per heavy atom. The third-order valence-electron chi connectivity index (χ3n) is 5.83. The molecule has 2 aromatic heterocycles. The maximum atomic E-state index is 13.2. The van der Waals surface area contributed by atoms with Crippen molar-refractivity contribution in [3.63, 3.8) is 0 Å². The Hall–Kier alpha value is -3.10. The van der Waals surface area contributed by atoms with E-state index in [1.165, 1.54) is 24.5 Å². The summed E-state index contributed by atoms with van der Waals surface area (Å²) in [4.78, 5) is 31.9. The summed E-state index contributed by atoms with van der Waals surface area (Å²) in [5.41, 5.74) is -2.06. The number of imidazole rings is 1. The fraction of sp³-hybridized carbons (Fsp3) is 0.500. The van der Waals surface area contributed by atoms with Gasteiger partial charge in [-0.25, -0.2) is 4.98 Å². The number of carbonyl (C=O) groups is 2. The number of carbonyl (C=O) groups excluding carboxylic acids is 1. The number of alkyl halides is 3. The second-order valence-electron chi connectivity index (χ2n) is 9.29. The number of amides is 1. The van der Waals surface area contributed by atoms with Crippen molar-refractivity contribution in [2.24, 2.45) is 11.8 Å². The van der Waals surface area contributed by atoms with Gasteiger partial charge in [0.2, 0.25) is 5.28 Å². The molecule has 1 aliphatic rings. The van der Waals surface area contributed by atoms with Gasteiger partial charge in [0, 0.05) is 12.7 Å². The van der Waals surface area contributed by atoms with E-state index >= 15 is 0 Å². The second-order valence-corrected chi connectivity index (χ2v) is 9.63. The topological polar surface area (TPSA) is 117 Å². The number of carboxylic acid groups (broad SMARTS) is 1. The fourth-order valence-corrected chi connectivity index (χ4v) is 4.13. The van der Waals surface area contributed by atoms with Gasteiger partial charge < -0.3 is 20.1 Å². The molecule has 3 rings (SSSR count). The lowest BCUT2D eigenvalue weighted by Crippen LogP contribution is -2.34. The molecule has 0 atom stereocenters. The van der Waals surface area contributed by atoms with Crippen molar-refractivity contribution in [2.75, 3.05) is 6.54 Å².